The fourth-order valence-corrected chi connectivity index (χ4v) is 2.30. The quantitative estimate of drug-likeness (QED) is 0.597. The van der Waals surface area contributed by atoms with E-state index < -0.39 is 17.2 Å². The normalized spacial score (nSPS) is 12.0. The zero-order valence-corrected chi connectivity index (χ0v) is 14.4. The highest BCUT2D eigenvalue weighted by Gasteiger charge is 2.15. The monoisotopic (exact) mass is 380 g/mol. The average Bonchev–Trinajstić information content (AvgIpc) is 2.57. The van der Waals surface area contributed by atoms with E-state index in [0.717, 1.165) is 6.07 Å². The zero-order valence-electron chi connectivity index (χ0n) is 12.9. The zero-order chi connectivity index (χ0) is 18.0. The molecule has 1 unspecified atom stereocenters. The number of hydrogen-bond acceptors (Lipinski definition) is 5. The van der Waals surface area contributed by atoms with Gasteiger partial charge >= 0.3 is 0 Å². The number of fused-ring (bicyclic) bond motifs is 1. The maximum absolute atomic E-state index is 14.1. The first-order chi connectivity index (χ1) is 11.9. The number of rotatable bonds is 5. The number of benzene rings is 2. The van der Waals surface area contributed by atoms with Gasteiger partial charge in [-0.15, -0.1) is 0 Å². The topological polar surface area (TPSA) is 61.3 Å². The summed E-state index contributed by atoms with van der Waals surface area (Å²) in [6.45, 7) is 1.43. The SMILES string of the molecule is CC(Oc1ccc(Oc2cnc3c(Cl)cccc3n2)cc1F)C(=O)Cl. The van der Waals surface area contributed by atoms with Crippen LogP contribution in [0, 0.1) is 5.82 Å². The van der Waals surface area contributed by atoms with Crippen molar-refractivity contribution in [3.8, 4) is 17.4 Å². The first kappa shape index (κ1) is 17.4. The summed E-state index contributed by atoms with van der Waals surface area (Å²) >= 11 is 11.3. The standard InChI is InChI=1S/C17H11Cl2FN2O3/c1-9(17(19)23)24-14-6-5-10(7-12(14)20)25-15-8-21-16-11(18)3-2-4-13(16)22-15/h2-9H,1H3. The lowest BCUT2D eigenvalue weighted by Crippen LogP contribution is -2.19. The fourth-order valence-electron chi connectivity index (χ4n) is 2.04. The van der Waals surface area contributed by atoms with Crippen molar-refractivity contribution in [1.29, 1.82) is 0 Å². The molecule has 2 aromatic carbocycles. The van der Waals surface area contributed by atoms with Crippen LogP contribution in [-0.4, -0.2) is 21.3 Å². The second-order valence-corrected chi connectivity index (χ2v) is 5.85. The summed E-state index contributed by atoms with van der Waals surface area (Å²) in [5, 5.41) is -0.239. The average molecular weight is 381 g/mol. The van der Waals surface area contributed by atoms with E-state index in [9.17, 15) is 9.18 Å². The van der Waals surface area contributed by atoms with Crippen molar-refractivity contribution in [1.82, 2.24) is 9.97 Å². The molecule has 3 aromatic rings. The molecule has 1 heterocycles. The Kier molecular flexibility index (Phi) is 5.01. The number of carbonyl (C=O) groups is 1. The molecule has 0 saturated heterocycles. The van der Waals surface area contributed by atoms with Gasteiger partial charge in [-0.05, 0) is 42.8 Å². The Balaban J connectivity index is 1.81. The summed E-state index contributed by atoms with van der Waals surface area (Å²) in [6.07, 6.45) is 0.434. The first-order valence-corrected chi connectivity index (χ1v) is 7.94. The van der Waals surface area contributed by atoms with Crippen LogP contribution in [0.1, 0.15) is 6.92 Å². The minimum atomic E-state index is -0.959. The number of halogens is 3. The number of para-hydroxylation sites is 1. The van der Waals surface area contributed by atoms with Gasteiger partial charge in [-0.25, -0.2) is 14.4 Å². The van der Waals surface area contributed by atoms with Crippen LogP contribution in [0.3, 0.4) is 0 Å². The predicted molar refractivity (Wildman–Crippen MR) is 92.0 cm³/mol. The molecule has 0 aliphatic heterocycles. The Morgan fingerprint density at radius 1 is 1.28 bits per heavy atom. The second kappa shape index (κ2) is 7.21. The van der Waals surface area contributed by atoms with Crippen LogP contribution in [0.15, 0.2) is 42.6 Å². The molecule has 0 N–H and O–H groups in total. The van der Waals surface area contributed by atoms with Gasteiger partial charge in [0.2, 0.25) is 5.88 Å². The number of ether oxygens (including phenoxy) is 2. The smallest absolute Gasteiger partial charge is 0.262 e. The van der Waals surface area contributed by atoms with Crippen LogP contribution in [0.4, 0.5) is 4.39 Å². The van der Waals surface area contributed by atoms with E-state index in [-0.39, 0.29) is 17.4 Å². The van der Waals surface area contributed by atoms with Gasteiger partial charge in [0, 0.05) is 6.07 Å². The minimum absolute atomic E-state index is 0.106. The summed E-state index contributed by atoms with van der Waals surface area (Å²) in [5.74, 6) is -0.415. The summed E-state index contributed by atoms with van der Waals surface area (Å²) in [6, 6.07) is 9.13. The molecular formula is C17H11Cl2FN2O3. The van der Waals surface area contributed by atoms with E-state index in [1.54, 1.807) is 18.2 Å². The van der Waals surface area contributed by atoms with E-state index in [1.807, 2.05) is 0 Å². The molecular weight excluding hydrogens is 370 g/mol. The Morgan fingerprint density at radius 3 is 2.80 bits per heavy atom. The molecule has 0 spiro atoms. The molecule has 25 heavy (non-hydrogen) atoms. The molecule has 0 amide bonds. The molecule has 0 bridgehead atoms. The number of carbonyl (C=O) groups excluding carboxylic acids is 1. The lowest BCUT2D eigenvalue weighted by Gasteiger charge is -2.12. The Bertz CT molecular complexity index is 952. The predicted octanol–water partition coefficient (Wildman–Crippen LogP) is 4.75. The molecule has 0 radical (unpaired) electrons. The molecule has 0 saturated carbocycles. The van der Waals surface area contributed by atoms with E-state index in [4.69, 9.17) is 32.7 Å². The first-order valence-electron chi connectivity index (χ1n) is 7.18. The van der Waals surface area contributed by atoms with Crippen molar-refractivity contribution in [3.63, 3.8) is 0 Å². The van der Waals surface area contributed by atoms with Crippen LogP contribution in [-0.2, 0) is 4.79 Å². The number of aromatic nitrogens is 2. The molecule has 1 atom stereocenters. The lowest BCUT2D eigenvalue weighted by molar-refractivity contribution is -0.117. The van der Waals surface area contributed by atoms with Gasteiger partial charge in [0.1, 0.15) is 11.3 Å². The highest BCUT2D eigenvalue weighted by atomic mass is 35.5. The van der Waals surface area contributed by atoms with E-state index in [0.29, 0.717) is 16.1 Å². The third-order valence-corrected chi connectivity index (χ3v) is 3.86. The van der Waals surface area contributed by atoms with Crippen LogP contribution in [0.25, 0.3) is 11.0 Å². The van der Waals surface area contributed by atoms with Gasteiger partial charge in [-0.1, -0.05) is 17.7 Å². The third kappa shape index (κ3) is 3.97. The summed E-state index contributed by atoms with van der Waals surface area (Å²) in [5.41, 5.74) is 1.10. The van der Waals surface area contributed by atoms with Crippen molar-refractivity contribution in [2.45, 2.75) is 13.0 Å². The van der Waals surface area contributed by atoms with Crippen LogP contribution in [0.2, 0.25) is 5.02 Å². The van der Waals surface area contributed by atoms with Crippen LogP contribution >= 0.6 is 23.2 Å². The van der Waals surface area contributed by atoms with E-state index >= 15 is 0 Å². The maximum atomic E-state index is 14.1. The molecule has 0 aliphatic carbocycles. The summed E-state index contributed by atoms with van der Waals surface area (Å²) in [7, 11) is 0. The number of nitrogens with zero attached hydrogens (tertiary/aromatic N) is 2. The highest BCUT2D eigenvalue weighted by molar-refractivity contribution is 6.64. The van der Waals surface area contributed by atoms with Crippen LogP contribution in [0.5, 0.6) is 17.4 Å². The largest absolute Gasteiger partial charge is 0.478 e. The van der Waals surface area contributed by atoms with E-state index in [2.05, 4.69) is 9.97 Å². The summed E-state index contributed by atoms with van der Waals surface area (Å²) in [4.78, 5) is 19.4. The second-order valence-electron chi connectivity index (χ2n) is 5.07. The van der Waals surface area contributed by atoms with E-state index in [1.165, 1.54) is 25.3 Å². The minimum Gasteiger partial charge on any atom is -0.478 e. The fraction of sp³-hybridized carbons (Fsp3) is 0.118. The maximum Gasteiger partial charge on any atom is 0.262 e. The summed E-state index contributed by atoms with van der Waals surface area (Å²) < 4.78 is 24.7. The van der Waals surface area contributed by atoms with Gasteiger partial charge in [-0.2, -0.15) is 0 Å². The van der Waals surface area contributed by atoms with Crippen molar-refractivity contribution in [3.05, 3.63) is 53.4 Å². The van der Waals surface area contributed by atoms with Crippen molar-refractivity contribution in [2.75, 3.05) is 0 Å². The lowest BCUT2D eigenvalue weighted by atomic mass is 10.3. The molecule has 3 rings (SSSR count). The Hall–Kier alpha value is -2.44. The highest BCUT2D eigenvalue weighted by Crippen LogP contribution is 2.28. The van der Waals surface area contributed by atoms with Crippen molar-refractivity contribution < 1.29 is 18.7 Å². The van der Waals surface area contributed by atoms with Gasteiger partial charge in [0.25, 0.3) is 5.24 Å². The van der Waals surface area contributed by atoms with Crippen LogP contribution < -0.4 is 9.47 Å². The van der Waals surface area contributed by atoms with Crippen molar-refractivity contribution >= 4 is 39.5 Å². The van der Waals surface area contributed by atoms with Gasteiger partial charge < -0.3 is 9.47 Å². The molecule has 8 heteroatoms. The van der Waals surface area contributed by atoms with Gasteiger partial charge in [-0.3, -0.25) is 4.79 Å². The van der Waals surface area contributed by atoms with Crippen molar-refractivity contribution in [2.24, 2.45) is 0 Å². The number of hydrogen-bond donors (Lipinski definition) is 0. The third-order valence-electron chi connectivity index (χ3n) is 3.25. The molecule has 128 valence electrons. The molecule has 0 fully saturated rings. The van der Waals surface area contributed by atoms with Gasteiger partial charge in [0.15, 0.2) is 17.7 Å². The molecule has 5 nitrogen and oxygen atoms in total. The Morgan fingerprint density at radius 2 is 2.08 bits per heavy atom. The Labute approximate surface area is 152 Å². The van der Waals surface area contributed by atoms with Gasteiger partial charge in [0.05, 0.1) is 16.7 Å². The molecule has 0 aliphatic rings. The molecule has 1 aromatic heterocycles.